The van der Waals surface area contributed by atoms with Gasteiger partial charge in [0.05, 0.1) is 10.5 Å². The zero-order chi connectivity index (χ0) is 26.4. The molecule has 0 bridgehead atoms. The van der Waals surface area contributed by atoms with Crippen molar-refractivity contribution < 1.29 is 22.7 Å². The van der Waals surface area contributed by atoms with Gasteiger partial charge in [-0.3, -0.25) is 9.69 Å². The highest BCUT2D eigenvalue weighted by molar-refractivity contribution is 7.89. The molecule has 3 aromatic carbocycles. The molecule has 1 aliphatic rings. The van der Waals surface area contributed by atoms with Gasteiger partial charge < -0.3 is 10.1 Å². The van der Waals surface area contributed by atoms with Crippen LogP contribution in [0.2, 0.25) is 0 Å². The number of ether oxygens (including phenoxy) is 1. The number of para-hydroxylation sites is 1. The highest BCUT2D eigenvalue weighted by Gasteiger charge is 2.29. The lowest BCUT2D eigenvalue weighted by atomic mass is 10.1. The number of benzene rings is 3. The van der Waals surface area contributed by atoms with E-state index in [0.29, 0.717) is 31.9 Å². The summed E-state index contributed by atoms with van der Waals surface area (Å²) in [7, 11) is -3.78. The molecule has 4 rings (SSSR count). The fourth-order valence-electron chi connectivity index (χ4n) is 4.30. The van der Waals surface area contributed by atoms with Crippen LogP contribution in [0.3, 0.4) is 0 Å². The van der Waals surface area contributed by atoms with Gasteiger partial charge in [-0.15, -0.1) is 0 Å². The molecule has 3 aromatic rings. The normalized spacial score (nSPS) is 14.8. The maximum atomic E-state index is 13.3. The number of amides is 1. The Labute approximate surface area is 217 Å². The van der Waals surface area contributed by atoms with Crippen molar-refractivity contribution in [3.8, 4) is 0 Å². The molecular weight excluding hydrogens is 490 g/mol. The minimum atomic E-state index is -3.78. The first-order valence-corrected chi connectivity index (χ1v) is 13.6. The van der Waals surface area contributed by atoms with E-state index in [-0.39, 0.29) is 10.5 Å². The first kappa shape index (κ1) is 26.5. The molecule has 0 aliphatic carbocycles. The standard InChI is InChI=1S/C28H31N3O5S/c1-21-8-6-9-22(2)27(21)29-26(32)20-36-28(33)24-12-7-13-25(18-24)37(34,35)31-16-14-30(15-17-31)19-23-10-4-3-5-11-23/h3-13,18H,14-17,19-20H2,1-2H3,(H,29,32). The number of hydrogen-bond acceptors (Lipinski definition) is 6. The lowest BCUT2D eigenvalue weighted by molar-refractivity contribution is -0.119. The summed E-state index contributed by atoms with van der Waals surface area (Å²) in [6.07, 6.45) is 0. The van der Waals surface area contributed by atoms with Gasteiger partial charge in [0.1, 0.15) is 0 Å². The molecular formula is C28H31N3O5S. The summed E-state index contributed by atoms with van der Waals surface area (Å²) in [4.78, 5) is 27.2. The highest BCUT2D eigenvalue weighted by atomic mass is 32.2. The number of carbonyl (C=O) groups excluding carboxylic acids is 2. The average molecular weight is 522 g/mol. The van der Waals surface area contributed by atoms with Crippen molar-refractivity contribution >= 4 is 27.6 Å². The van der Waals surface area contributed by atoms with Crippen LogP contribution in [0.4, 0.5) is 5.69 Å². The maximum Gasteiger partial charge on any atom is 0.338 e. The Balaban J connectivity index is 1.34. The predicted octanol–water partition coefficient (Wildman–Crippen LogP) is 3.61. The van der Waals surface area contributed by atoms with E-state index in [4.69, 9.17) is 4.74 Å². The van der Waals surface area contributed by atoms with Crippen molar-refractivity contribution in [2.75, 3.05) is 38.1 Å². The lowest BCUT2D eigenvalue weighted by Crippen LogP contribution is -2.48. The molecule has 1 aliphatic heterocycles. The Morgan fingerprint density at radius 1 is 0.865 bits per heavy atom. The van der Waals surface area contributed by atoms with E-state index < -0.39 is 28.5 Å². The summed E-state index contributed by atoms with van der Waals surface area (Å²) < 4.78 is 33.1. The summed E-state index contributed by atoms with van der Waals surface area (Å²) in [5.74, 6) is -1.23. The van der Waals surface area contributed by atoms with Crippen LogP contribution in [0.15, 0.2) is 77.7 Å². The van der Waals surface area contributed by atoms with E-state index in [0.717, 1.165) is 17.7 Å². The van der Waals surface area contributed by atoms with Crippen LogP contribution >= 0.6 is 0 Å². The third kappa shape index (κ3) is 6.62. The molecule has 0 spiro atoms. The van der Waals surface area contributed by atoms with Crippen LogP contribution in [0, 0.1) is 13.8 Å². The fourth-order valence-corrected chi connectivity index (χ4v) is 5.77. The Kier molecular flexibility index (Phi) is 8.38. The van der Waals surface area contributed by atoms with Crippen molar-refractivity contribution in [2.24, 2.45) is 0 Å². The number of aryl methyl sites for hydroxylation is 2. The lowest BCUT2D eigenvalue weighted by Gasteiger charge is -2.34. The number of sulfonamides is 1. The number of rotatable bonds is 8. The molecule has 8 nitrogen and oxygen atoms in total. The van der Waals surface area contributed by atoms with Gasteiger partial charge in [0.15, 0.2) is 6.61 Å². The molecule has 0 unspecified atom stereocenters. The van der Waals surface area contributed by atoms with E-state index >= 15 is 0 Å². The van der Waals surface area contributed by atoms with Gasteiger partial charge >= 0.3 is 5.97 Å². The van der Waals surface area contributed by atoms with Crippen molar-refractivity contribution in [1.29, 1.82) is 0 Å². The van der Waals surface area contributed by atoms with Crippen LogP contribution < -0.4 is 5.32 Å². The molecule has 1 amide bonds. The monoisotopic (exact) mass is 521 g/mol. The zero-order valence-corrected chi connectivity index (χ0v) is 21.8. The van der Waals surface area contributed by atoms with Crippen molar-refractivity contribution in [3.05, 3.63) is 95.1 Å². The number of anilines is 1. The number of nitrogens with one attached hydrogen (secondary N) is 1. The first-order valence-electron chi connectivity index (χ1n) is 12.1. The number of piperazine rings is 1. The van der Waals surface area contributed by atoms with E-state index in [1.54, 1.807) is 0 Å². The Hall–Kier alpha value is -3.53. The molecule has 1 saturated heterocycles. The van der Waals surface area contributed by atoms with Crippen molar-refractivity contribution in [2.45, 2.75) is 25.3 Å². The highest BCUT2D eigenvalue weighted by Crippen LogP contribution is 2.21. The van der Waals surface area contributed by atoms with Crippen LogP contribution in [0.25, 0.3) is 0 Å². The molecule has 194 valence electrons. The first-order chi connectivity index (χ1) is 17.7. The molecule has 1 N–H and O–H groups in total. The summed E-state index contributed by atoms with van der Waals surface area (Å²) in [5.41, 5.74) is 3.74. The fraction of sp³-hybridized carbons (Fsp3) is 0.286. The van der Waals surface area contributed by atoms with Gasteiger partial charge in [0, 0.05) is 38.4 Å². The quantitative estimate of drug-likeness (QED) is 0.455. The Morgan fingerprint density at radius 2 is 1.51 bits per heavy atom. The zero-order valence-electron chi connectivity index (χ0n) is 21.0. The van der Waals surface area contributed by atoms with Crippen molar-refractivity contribution in [1.82, 2.24) is 9.21 Å². The van der Waals surface area contributed by atoms with E-state index in [9.17, 15) is 18.0 Å². The predicted molar refractivity (Wildman–Crippen MR) is 142 cm³/mol. The molecule has 1 heterocycles. The summed E-state index contributed by atoms with van der Waals surface area (Å²) in [5, 5.41) is 2.76. The second-order valence-electron chi connectivity index (χ2n) is 9.08. The van der Waals surface area contributed by atoms with Crippen LogP contribution in [-0.4, -0.2) is 62.3 Å². The Morgan fingerprint density at radius 3 is 2.19 bits per heavy atom. The molecule has 0 radical (unpaired) electrons. The van der Waals surface area contributed by atoms with Crippen LogP contribution in [-0.2, 0) is 26.1 Å². The number of carbonyl (C=O) groups is 2. The molecule has 1 fully saturated rings. The van der Waals surface area contributed by atoms with E-state index in [2.05, 4.69) is 22.3 Å². The molecule has 0 atom stereocenters. The van der Waals surface area contributed by atoms with E-state index in [1.807, 2.05) is 50.2 Å². The maximum absolute atomic E-state index is 13.3. The average Bonchev–Trinajstić information content (AvgIpc) is 2.90. The topological polar surface area (TPSA) is 96.0 Å². The van der Waals surface area contributed by atoms with Gasteiger partial charge in [0.25, 0.3) is 5.91 Å². The van der Waals surface area contributed by atoms with Gasteiger partial charge in [-0.05, 0) is 48.7 Å². The van der Waals surface area contributed by atoms with Crippen molar-refractivity contribution in [3.63, 3.8) is 0 Å². The van der Waals surface area contributed by atoms with Gasteiger partial charge in [-0.2, -0.15) is 4.31 Å². The number of esters is 1. The molecule has 37 heavy (non-hydrogen) atoms. The number of hydrogen-bond donors (Lipinski definition) is 1. The smallest absolute Gasteiger partial charge is 0.338 e. The summed E-state index contributed by atoms with van der Waals surface area (Å²) >= 11 is 0. The second-order valence-corrected chi connectivity index (χ2v) is 11.0. The third-order valence-electron chi connectivity index (χ3n) is 6.37. The summed E-state index contributed by atoms with van der Waals surface area (Å²) in [6.45, 7) is 6.01. The minimum absolute atomic E-state index is 0.0263. The van der Waals surface area contributed by atoms with Crippen LogP contribution in [0.5, 0.6) is 0 Å². The third-order valence-corrected chi connectivity index (χ3v) is 8.26. The van der Waals surface area contributed by atoms with Crippen LogP contribution in [0.1, 0.15) is 27.0 Å². The van der Waals surface area contributed by atoms with E-state index in [1.165, 1.54) is 34.1 Å². The van der Waals surface area contributed by atoms with Gasteiger partial charge in [0.2, 0.25) is 10.0 Å². The van der Waals surface area contributed by atoms with Gasteiger partial charge in [-0.1, -0.05) is 54.6 Å². The SMILES string of the molecule is Cc1cccc(C)c1NC(=O)COC(=O)c1cccc(S(=O)(=O)N2CCN(Cc3ccccc3)CC2)c1. The van der Waals surface area contributed by atoms with Gasteiger partial charge in [-0.25, -0.2) is 13.2 Å². The summed E-state index contributed by atoms with van der Waals surface area (Å²) in [6, 6.07) is 21.5. The Bertz CT molecular complexity index is 1350. The largest absolute Gasteiger partial charge is 0.452 e. The molecule has 0 aromatic heterocycles. The number of nitrogens with zero attached hydrogens (tertiary/aromatic N) is 2. The molecule has 0 saturated carbocycles. The second kappa shape index (κ2) is 11.7. The molecule has 9 heteroatoms. The minimum Gasteiger partial charge on any atom is -0.452 e.